The summed E-state index contributed by atoms with van der Waals surface area (Å²) in [5, 5.41) is 6.31. The number of benzene rings is 2. The van der Waals surface area contributed by atoms with Gasteiger partial charge in [0, 0.05) is 35.3 Å². The van der Waals surface area contributed by atoms with Gasteiger partial charge in [-0.1, -0.05) is 18.2 Å². The Morgan fingerprint density at radius 3 is 2.52 bits per heavy atom. The normalized spacial score (nSPS) is 11.2. The summed E-state index contributed by atoms with van der Waals surface area (Å²) in [5.41, 5.74) is 12.2. The number of aliphatic imine (C=N–C) groups is 1. The van der Waals surface area contributed by atoms with Crippen LogP contribution < -0.4 is 27.7 Å². The monoisotopic (exact) mass is 471 g/mol. The van der Waals surface area contributed by atoms with E-state index in [0.29, 0.717) is 36.2 Å². The van der Waals surface area contributed by atoms with Gasteiger partial charge < -0.3 is 26.5 Å². The number of halogens is 1. The zero-order valence-electron chi connectivity index (χ0n) is 18.0. The number of fused-ring (bicyclic) bond motifs is 1. The molecule has 0 unspecified atom stereocenters. The van der Waals surface area contributed by atoms with Crippen LogP contribution in [0.25, 0.3) is 11.0 Å². The van der Waals surface area contributed by atoms with E-state index in [4.69, 9.17) is 15.9 Å². The summed E-state index contributed by atoms with van der Waals surface area (Å²) in [6.07, 6.45) is 0.805. The molecule has 0 aliphatic rings. The number of aryl methyl sites for hydroxylation is 1. The predicted molar refractivity (Wildman–Crippen MR) is 131 cm³/mol. The van der Waals surface area contributed by atoms with Gasteiger partial charge in [0.05, 0.1) is 0 Å². The fraction of sp³-hybridized carbons (Fsp3) is 0.217. The lowest BCUT2D eigenvalue weighted by Gasteiger charge is -2.18. The molecule has 2 amide bonds. The minimum absolute atomic E-state index is 0. The predicted octanol–water partition coefficient (Wildman–Crippen LogP) is 2.31. The van der Waals surface area contributed by atoms with Crippen LogP contribution >= 0.6 is 12.4 Å². The van der Waals surface area contributed by atoms with E-state index in [1.165, 1.54) is 6.07 Å². The topological polar surface area (TPSA) is 153 Å². The van der Waals surface area contributed by atoms with Crippen molar-refractivity contribution in [3.63, 3.8) is 0 Å². The number of carbonyl (C=O) groups is 2. The number of anilines is 1. The van der Waals surface area contributed by atoms with Crippen molar-refractivity contribution in [2.75, 3.05) is 11.9 Å². The number of nitrogens with two attached hydrogens (primary N) is 2. The Morgan fingerprint density at radius 1 is 1.09 bits per heavy atom. The second-order valence-electron chi connectivity index (χ2n) is 7.29. The molecule has 0 fully saturated rings. The van der Waals surface area contributed by atoms with Gasteiger partial charge >= 0.3 is 5.63 Å². The highest BCUT2D eigenvalue weighted by molar-refractivity contribution is 6.01. The number of nitrogens with zero attached hydrogens (tertiary/aromatic N) is 1. The van der Waals surface area contributed by atoms with Gasteiger partial charge in [-0.05, 0) is 49.6 Å². The van der Waals surface area contributed by atoms with E-state index in [1.807, 2.05) is 6.92 Å². The van der Waals surface area contributed by atoms with Crippen molar-refractivity contribution in [2.24, 2.45) is 16.5 Å². The van der Waals surface area contributed by atoms with Crippen molar-refractivity contribution in [1.29, 1.82) is 0 Å². The molecule has 0 aliphatic heterocycles. The van der Waals surface area contributed by atoms with Crippen molar-refractivity contribution in [2.45, 2.75) is 25.8 Å². The van der Waals surface area contributed by atoms with Crippen LogP contribution in [0.5, 0.6) is 0 Å². The number of guanidine groups is 1. The molecule has 1 aromatic heterocycles. The number of hydrogen-bond acceptors (Lipinski definition) is 5. The first-order valence-corrected chi connectivity index (χ1v) is 10.1. The minimum atomic E-state index is -0.822. The van der Waals surface area contributed by atoms with Crippen LogP contribution in [0.15, 0.2) is 68.8 Å². The molecule has 1 heterocycles. The maximum atomic E-state index is 13.0. The Bertz CT molecular complexity index is 1210. The van der Waals surface area contributed by atoms with Gasteiger partial charge in [0.15, 0.2) is 5.96 Å². The molecule has 0 saturated carbocycles. The number of carbonyl (C=O) groups excluding carboxylic acids is 2. The largest absolute Gasteiger partial charge is 0.423 e. The molecule has 3 aromatic rings. The van der Waals surface area contributed by atoms with E-state index in [0.717, 1.165) is 10.9 Å². The van der Waals surface area contributed by atoms with Crippen molar-refractivity contribution in [1.82, 2.24) is 5.32 Å². The van der Waals surface area contributed by atoms with Crippen molar-refractivity contribution in [3.05, 3.63) is 76.1 Å². The van der Waals surface area contributed by atoms with Gasteiger partial charge in [0.25, 0.3) is 5.91 Å². The summed E-state index contributed by atoms with van der Waals surface area (Å²) in [4.78, 5) is 41.1. The molecule has 0 spiro atoms. The van der Waals surface area contributed by atoms with Gasteiger partial charge in [0.2, 0.25) is 5.91 Å². The molecule has 174 valence electrons. The second kappa shape index (κ2) is 11.7. The maximum Gasteiger partial charge on any atom is 0.336 e. The molecule has 0 radical (unpaired) electrons. The van der Waals surface area contributed by atoms with E-state index in [1.54, 1.807) is 48.5 Å². The molecule has 3 rings (SSSR count). The first-order chi connectivity index (χ1) is 15.3. The smallest absolute Gasteiger partial charge is 0.336 e. The third kappa shape index (κ3) is 7.08. The number of nitrogens with one attached hydrogen (secondary N) is 2. The first-order valence-electron chi connectivity index (χ1n) is 10.1. The molecule has 33 heavy (non-hydrogen) atoms. The van der Waals surface area contributed by atoms with Crippen molar-refractivity contribution >= 4 is 46.8 Å². The minimum Gasteiger partial charge on any atom is -0.423 e. The zero-order chi connectivity index (χ0) is 23.1. The van der Waals surface area contributed by atoms with Crippen LogP contribution in [0.2, 0.25) is 0 Å². The highest BCUT2D eigenvalue weighted by atomic mass is 35.5. The van der Waals surface area contributed by atoms with E-state index in [9.17, 15) is 14.4 Å². The molecule has 9 nitrogen and oxygen atoms in total. The number of rotatable bonds is 8. The van der Waals surface area contributed by atoms with Gasteiger partial charge in [-0.2, -0.15) is 0 Å². The zero-order valence-corrected chi connectivity index (χ0v) is 18.9. The van der Waals surface area contributed by atoms with Gasteiger partial charge in [-0.15, -0.1) is 12.4 Å². The Kier molecular flexibility index (Phi) is 8.99. The Hall–Kier alpha value is -3.85. The lowest BCUT2D eigenvalue weighted by Crippen LogP contribution is -2.44. The van der Waals surface area contributed by atoms with Gasteiger partial charge in [-0.25, -0.2) is 4.79 Å². The van der Waals surface area contributed by atoms with E-state index >= 15 is 0 Å². The third-order valence-corrected chi connectivity index (χ3v) is 4.82. The first kappa shape index (κ1) is 25.4. The quantitative estimate of drug-likeness (QED) is 0.171. The number of hydrogen-bond donors (Lipinski definition) is 4. The molecule has 1 atom stereocenters. The average Bonchev–Trinajstić information content (AvgIpc) is 2.75. The molecular weight excluding hydrogens is 446 g/mol. The fourth-order valence-electron chi connectivity index (χ4n) is 3.24. The summed E-state index contributed by atoms with van der Waals surface area (Å²) in [6, 6.07) is 14.3. The van der Waals surface area contributed by atoms with Crippen LogP contribution in [0, 0.1) is 6.92 Å². The Labute approximate surface area is 196 Å². The Balaban J connectivity index is 0.00000385. The molecule has 10 heteroatoms. The van der Waals surface area contributed by atoms with E-state index < -0.39 is 17.6 Å². The number of amides is 2. The lowest BCUT2D eigenvalue weighted by atomic mass is 10.1. The summed E-state index contributed by atoms with van der Waals surface area (Å²) in [6.45, 7) is 2.14. The molecule has 0 bridgehead atoms. The van der Waals surface area contributed by atoms with Crippen LogP contribution in [0.1, 0.15) is 28.8 Å². The maximum absolute atomic E-state index is 13.0. The molecule has 2 aromatic carbocycles. The highest BCUT2D eigenvalue weighted by Crippen LogP contribution is 2.21. The summed E-state index contributed by atoms with van der Waals surface area (Å²) >= 11 is 0. The summed E-state index contributed by atoms with van der Waals surface area (Å²) in [7, 11) is 0. The average molecular weight is 472 g/mol. The van der Waals surface area contributed by atoms with Crippen LogP contribution in [-0.4, -0.2) is 30.4 Å². The highest BCUT2D eigenvalue weighted by Gasteiger charge is 2.21. The summed E-state index contributed by atoms with van der Waals surface area (Å²) in [5.74, 6) is -0.812. The van der Waals surface area contributed by atoms with Gasteiger partial charge in [-0.3, -0.25) is 14.6 Å². The molecule has 0 aliphatic carbocycles. The van der Waals surface area contributed by atoms with Crippen molar-refractivity contribution < 1.29 is 14.0 Å². The van der Waals surface area contributed by atoms with Gasteiger partial charge in [0.1, 0.15) is 11.6 Å². The standard InChI is InChI=1S/C23H25N5O4.ClH/c1-14-12-20(29)32-19-13-16(9-10-17(14)19)27-22(31)18(8-5-11-26-23(24)25)28-21(30)15-6-3-2-4-7-15;/h2-4,6-7,9-10,12-13,18H,5,8,11H2,1H3,(H,27,31)(H,28,30)(H4,24,25,26);1H/t18-;/m1./s1. The third-order valence-electron chi connectivity index (χ3n) is 4.82. The van der Waals surface area contributed by atoms with Crippen molar-refractivity contribution in [3.8, 4) is 0 Å². The molecule has 0 saturated heterocycles. The van der Waals surface area contributed by atoms with E-state index in [2.05, 4.69) is 15.6 Å². The fourth-order valence-corrected chi connectivity index (χ4v) is 3.24. The Morgan fingerprint density at radius 2 is 1.82 bits per heavy atom. The molecule has 6 N–H and O–H groups in total. The van der Waals surface area contributed by atoms with Crippen LogP contribution in [-0.2, 0) is 4.79 Å². The second-order valence-corrected chi connectivity index (χ2v) is 7.29. The van der Waals surface area contributed by atoms with E-state index in [-0.39, 0.29) is 24.3 Å². The SMILES string of the molecule is Cc1cc(=O)oc2cc(NC(=O)[C@@H](CCCN=C(N)N)NC(=O)c3ccccc3)ccc12.Cl. The van der Waals surface area contributed by atoms with Crippen LogP contribution in [0.4, 0.5) is 5.69 Å². The molecular formula is C23H26ClN5O4. The summed E-state index contributed by atoms with van der Waals surface area (Å²) < 4.78 is 5.23. The van der Waals surface area contributed by atoms with Crippen LogP contribution in [0.3, 0.4) is 0 Å². The lowest BCUT2D eigenvalue weighted by molar-refractivity contribution is -0.118.